The highest BCUT2D eigenvalue weighted by molar-refractivity contribution is 9.10. The van der Waals surface area contributed by atoms with Crippen molar-refractivity contribution in [2.75, 3.05) is 5.32 Å². The molecule has 0 saturated heterocycles. The van der Waals surface area contributed by atoms with E-state index >= 15 is 0 Å². The van der Waals surface area contributed by atoms with Crippen molar-refractivity contribution in [3.63, 3.8) is 0 Å². The number of benzene rings is 3. The van der Waals surface area contributed by atoms with E-state index < -0.39 is 5.91 Å². The monoisotopic (exact) mass is 494 g/mol. The molecule has 0 aliphatic carbocycles. The molecular formula is C27H19BrN4O. The van der Waals surface area contributed by atoms with Gasteiger partial charge >= 0.3 is 0 Å². The Bertz CT molecular complexity index is 1480. The Morgan fingerprint density at radius 2 is 1.82 bits per heavy atom. The molecule has 160 valence electrons. The molecule has 0 aliphatic heterocycles. The number of hydrogen-bond acceptors (Lipinski definition) is 3. The number of amides is 1. The molecule has 0 spiro atoms. The number of para-hydroxylation sites is 1. The third-order valence-electron chi connectivity index (χ3n) is 5.48. The van der Waals surface area contributed by atoms with Crippen molar-refractivity contribution in [1.29, 1.82) is 10.5 Å². The molecule has 3 aromatic carbocycles. The van der Waals surface area contributed by atoms with E-state index in [-0.39, 0.29) is 5.57 Å². The Morgan fingerprint density at radius 3 is 2.58 bits per heavy atom. The summed E-state index contributed by atoms with van der Waals surface area (Å²) in [7, 11) is 0. The van der Waals surface area contributed by atoms with E-state index in [2.05, 4.69) is 31.9 Å². The Kier molecular flexibility index (Phi) is 6.40. The molecule has 4 rings (SSSR count). The summed E-state index contributed by atoms with van der Waals surface area (Å²) in [6.45, 7) is 2.47. The predicted molar refractivity (Wildman–Crippen MR) is 133 cm³/mol. The van der Waals surface area contributed by atoms with Crippen LogP contribution in [0.2, 0.25) is 0 Å². The van der Waals surface area contributed by atoms with Gasteiger partial charge in [0, 0.05) is 38.9 Å². The third-order valence-corrected chi connectivity index (χ3v) is 5.98. The molecule has 0 fully saturated rings. The Morgan fingerprint density at radius 1 is 1.06 bits per heavy atom. The van der Waals surface area contributed by atoms with Crippen molar-refractivity contribution in [1.82, 2.24) is 4.57 Å². The van der Waals surface area contributed by atoms with E-state index in [0.29, 0.717) is 17.8 Å². The van der Waals surface area contributed by atoms with Gasteiger partial charge in [-0.25, -0.2) is 0 Å². The van der Waals surface area contributed by atoms with Gasteiger partial charge in [-0.2, -0.15) is 10.5 Å². The summed E-state index contributed by atoms with van der Waals surface area (Å²) in [5.41, 5.74) is 4.83. The van der Waals surface area contributed by atoms with Gasteiger partial charge in [-0.1, -0.05) is 58.4 Å². The molecule has 0 saturated carbocycles. The average molecular weight is 495 g/mol. The Hall–Kier alpha value is -4.13. The lowest BCUT2D eigenvalue weighted by molar-refractivity contribution is -0.112. The van der Waals surface area contributed by atoms with Gasteiger partial charge in [-0.3, -0.25) is 4.79 Å². The molecule has 0 radical (unpaired) electrons. The summed E-state index contributed by atoms with van der Waals surface area (Å²) in [6, 6.07) is 26.9. The molecule has 6 heteroatoms. The van der Waals surface area contributed by atoms with Gasteiger partial charge in [0.15, 0.2) is 0 Å². The first-order valence-electron chi connectivity index (χ1n) is 10.3. The van der Waals surface area contributed by atoms with E-state index in [1.807, 2.05) is 67.6 Å². The quantitative estimate of drug-likeness (QED) is 0.265. The van der Waals surface area contributed by atoms with Crippen molar-refractivity contribution in [2.45, 2.75) is 13.5 Å². The first kappa shape index (κ1) is 22.1. The SMILES string of the molecule is Cc1c(/C=C(/C#N)C(=O)Nc2cccc(Br)c2)c2ccccc2n1Cc1ccccc1C#N. The van der Waals surface area contributed by atoms with Crippen LogP contribution < -0.4 is 5.32 Å². The molecule has 5 nitrogen and oxygen atoms in total. The predicted octanol–water partition coefficient (Wildman–Crippen LogP) is 6.18. The van der Waals surface area contributed by atoms with Gasteiger partial charge in [0.2, 0.25) is 0 Å². The molecule has 0 atom stereocenters. The summed E-state index contributed by atoms with van der Waals surface area (Å²) >= 11 is 3.38. The number of hydrogen-bond donors (Lipinski definition) is 1. The number of halogens is 1. The molecule has 0 aliphatic rings. The van der Waals surface area contributed by atoms with Crippen LogP contribution >= 0.6 is 15.9 Å². The van der Waals surface area contributed by atoms with Gasteiger partial charge in [0.05, 0.1) is 11.6 Å². The summed E-state index contributed by atoms with van der Waals surface area (Å²) in [5, 5.41) is 22.9. The number of nitrogens with zero attached hydrogens (tertiary/aromatic N) is 3. The number of aromatic nitrogens is 1. The second-order valence-corrected chi connectivity index (χ2v) is 8.42. The number of carbonyl (C=O) groups is 1. The van der Waals surface area contributed by atoms with Crippen LogP contribution in [0.15, 0.2) is 82.8 Å². The van der Waals surface area contributed by atoms with E-state index in [1.165, 1.54) is 0 Å². The van der Waals surface area contributed by atoms with Crippen LogP contribution in [0.4, 0.5) is 5.69 Å². The lowest BCUT2D eigenvalue weighted by Gasteiger charge is -2.10. The topological polar surface area (TPSA) is 81.6 Å². The number of nitrogens with one attached hydrogen (secondary N) is 1. The van der Waals surface area contributed by atoms with E-state index in [1.54, 1.807) is 24.3 Å². The maximum absolute atomic E-state index is 12.8. The molecule has 4 aromatic rings. The van der Waals surface area contributed by atoms with Crippen LogP contribution in [0.25, 0.3) is 17.0 Å². The molecular weight excluding hydrogens is 476 g/mol. The summed E-state index contributed by atoms with van der Waals surface area (Å²) in [5.74, 6) is -0.471. The van der Waals surface area contributed by atoms with E-state index in [4.69, 9.17) is 0 Å². The van der Waals surface area contributed by atoms with Crippen molar-refractivity contribution in [3.8, 4) is 12.1 Å². The van der Waals surface area contributed by atoms with Crippen LogP contribution in [0, 0.1) is 29.6 Å². The Labute approximate surface area is 200 Å². The highest BCUT2D eigenvalue weighted by Crippen LogP contribution is 2.29. The van der Waals surface area contributed by atoms with Crippen molar-refractivity contribution < 1.29 is 4.79 Å². The van der Waals surface area contributed by atoms with Crippen LogP contribution in [0.5, 0.6) is 0 Å². The molecule has 1 aromatic heterocycles. The standard InChI is InChI=1S/C27H19BrN4O/c1-18-25(13-21(16-30)27(33)31-23-10-6-9-22(28)14-23)24-11-4-5-12-26(24)32(18)17-20-8-3-2-7-19(20)15-29/h2-14H,17H2,1H3,(H,31,33)/b21-13-. The van der Waals surface area contributed by atoms with Gasteiger partial charge in [-0.15, -0.1) is 0 Å². The lowest BCUT2D eigenvalue weighted by Crippen LogP contribution is -2.13. The minimum absolute atomic E-state index is 0.0124. The normalized spacial score (nSPS) is 11.1. The molecule has 1 amide bonds. The maximum Gasteiger partial charge on any atom is 0.266 e. The first-order chi connectivity index (χ1) is 16.0. The number of fused-ring (bicyclic) bond motifs is 1. The average Bonchev–Trinajstić information content (AvgIpc) is 3.08. The number of nitriles is 2. The van der Waals surface area contributed by atoms with Crippen LogP contribution in [0.3, 0.4) is 0 Å². The lowest BCUT2D eigenvalue weighted by atomic mass is 10.1. The van der Waals surface area contributed by atoms with Gasteiger partial charge in [-0.05, 0) is 48.9 Å². The molecule has 1 heterocycles. The number of anilines is 1. The molecule has 33 heavy (non-hydrogen) atoms. The third kappa shape index (κ3) is 4.57. The summed E-state index contributed by atoms with van der Waals surface area (Å²) in [6.07, 6.45) is 1.64. The van der Waals surface area contributed by atoms with E-state index in [0.717, 1.165) is 32.2 Å². The summed E-state index contributed by atoms with van der Waals surface area (Å²) in [4.78, 5) is 12.8. The fourth-order valence-electron chi connectivity index (χ4n) is 3.84. The zero-order valence-corrected chi connectivity index (χ0v) is 19.4. The zero-order chi connectivity index (χ0) is 23.4. The summed E-state index contributed by atoms with van der Waals surface area (Å²) < 4.78 is 2.94. The smallest absolute Gasteiger partial charge is 0.266 e. The maximum atomic E-state index is 12.8. The van der Waals surface area contributed by atoms with Crippen molar-refractivity contribution in [2.24, 2.45) is 0 Å². The second kappa shape index (κ2) is 9.56. The van der Waals surface area contributed by atoms with Crippen molar-refractivity contribution >= 4 is 44.5 Å². The minimum atomic E-state index is -0.471. The fraction of sp³-hybridized carbons (Fsp3) is 0.0741. The fourth-order valence-corrected chi connectivity index (χ4v) is 4.24. The van der Waals surface area contributed by atoms with E-state index in [9.17, 15) is 15.3 Å². The first-order valence-corrected chi connectivity index (χ1v) is 11.1. The van der Waals surface area contributed by atoms with Crippen molar-refractivity contribution in [3.05, 3.63) is 105 Å². The largest absolute Gasteiger partial charge is 0.340 e. The van der Waals surface area contributed by atoms with Crippen LogP contribution in [-0.2, 0) is 11.3 Å². The second-order valence-electron chi connectivity index (χ2n) is 7.51. The van der Waals surface area contributed by atoms with Gasteiger partial charge < -0.3 is 9.88 Å². The highest BCUT2D eigenvalue weighted by atomic mass is 79.9. The Balaban J connectivity index is 1.77. The zero-order valence-electron chi connectivity index (χ0n) is 17.8. The van der Waals surface area contributed by atoms with Gasteiger partial charge in [0.1, 0.15) is 11.6 Å². The van der Waals surface area contributed by atoms with Crippen LogP contribution in [0.1, 0.15) is 22.4 Å². The number of rotatable bonds is 5. The molecule has 0 unspecified atom stereocenters. The van der Waals surface area contributed by atoms with Gasteiger partial charge in [0.25, 0.3) is 5.91 Å². The minimum Gasteiger partial charge on any atom is -0.340 e. The van der Waals surface area contributed by atoms with Crippen LogP contribution in [-0.4, -0.2) is 10.5 Å². The number of carbonyl (C=O) groups excluding carboxylic acids is 1. The highest BCUT2D eigenvalue weighted by Gasteiger charge is 2.17. The molecule has 0 bridgehead atoms. The molecule has 1 N–H and O–H groups in total.